The molecule has 0 spiro atoms. The molecule has 0 bridgehead atoms. The van der Waals surface area contributed by atoms with E-state index in [1.165, 1.54) is 19.4 Å². The molecule has 1 fully saturated rings. The highest BCUT2D eigenvalue weighted by Gasteiger charge is 2.17. The molecular formula is C22H38N4O2. The topological polar surface area (TPSA) is 58.1 Å². The first-order chi connectivity index (χ1) is 13.6. The summed E-state index contributed by atoms with van der Waals surface area (Å²) in [7, 11) is 2.20. The molecule has 0 amide bonds. The van der Waals surface area contributed by atoms with Crippen molar-refractivity contribution in [2.75, 3.05) is 46.4 Å². The summed E-state index contributed by atoms with van der Waals surface area (Å²) in [4.78, 5) is 7.26. The van der Waals surface area contributed by atoms with E-state index in [4.69, 9.17) is 14.5 Å². The van der Waals surface area contributed by atoms with Crippen molar-refractivity contribution in [2.24, 2.45) is 10.9 Å². The SMILES string of the molecule is CCNC(=NCC1CCCN(C)C1)NC(C)c1ccc(OCC)c(OCC)c1. The summed E-state index contributed by atoms with van der Waals surface area (Å²) in [5.41, 5.74) is 1.15. The van der Waals surface area contributed by atoms with E-state index in [-0.39, 0.29) is 6.04 Å². The molecule has 1 aromatic carbocycles. The van der Waals surface area contributed by atoms with E-state index in [1.807, 2.05) is 19.9 Å². The van der Waals surface area contributed by atoms with Crippen LogP contribution in [-0.4, -0.2) is 57.3 Å². The van der Waals surface area contributed by atoms with Crippen LogP contribution < -0.4 is 20.1 Å². The van der Waals surface area contributed by atoms with Gasteiger partial charge in [-0.15, -0.1) is 0 Å². The minimum atomic E-state index is 0.113. The number of rotatable bonds is 9. The average molecular weight is 391 g/mol. The van der Waals surface area contributed by atoms with Crippen molar-refractivity contribution >= 4 is 5.96 Å². The van der Waals surface area contributed by atoms with E-state index in [0.717, 1.165) is 42.7 Å². The lowest BCUT2D eigenvalue weighted by molar-refractivity contribution is 0.214. The van der Waals surface area contributed by atoms with E-state index >= 15 is 0 Å². The second kappa shape index (κ2) is 11.8. The maximum atomic E-state index is 5.77. The van der Waals surface area contributed by atoms with Gasteiger partial charge >= 0.3 is 0 Å². The number of aliphatic imine (C=N–C) groups is 1. The highest BCUT2D eigenvalue weighted by molar-refractivity contribution is 5.80. The standard InChI is InChI=1S/C22H38N4O2/c1-6-23-22(24-15-18-10-9-13-26(5)16-18)25-17(4)19-11-12-20(27-7-2)21(14-19)28-8-3/h11-12,14,17-18H,6-10,13,15-16H2,1-5H3,(H2,23,24,25). The van der Waals surface area contributed by atoms with Gasteiger partial charge in [-0.3, -0.25) is 4.99 Å². The molecule has 0 aromatic heterocycles. The zero-order valence-corrected chi connectivity index (χ0v) is 18.3. The predicted molar refractivity (Wildman–Crippen MR) is 117 cm³/mol. The molecule has 2 atom stereocenters. The first-order valence-corrected chi connectivity index (χ1v) is 10.7. The molecule has 1 heterocycles. The van der Waals surface area contributed by atoms with Crippen LogP contribution in [0.2, 0.25) is 0 Å². The molecule has 28 heavy (non-hydrogen) atoms. The number of hydrogen-bond acceptors (Lipinski definition) is 4. The summed E-state index contributed by atoms with van der Waals surface area (Å²) in [6.45, 7) is 13.5. The van der Waals surface area contributed by atoms with Gasteiger partial charge in [0.25, 0.3) is 0 Å². The van der Waals surface area contributed by atoms with Crippen LogP contribution in [0.5, 0.6) is 11.5 Å². The fourth-order valence-corrected chi connectivity index (χ4v) is 3.59. The van der Waals surface area contributed by atoms with E-state index in [1.54, 1.807) is 0 Å². The molecule has 0 saturated carbocycles. The van der Waals surface area contributed by atoms with Crippen molar-refractivity contribution in [1.82, 2.24) is 15.5 Å². The maximum Gasteiger partial charge on any atom is 0.191 e. The van der Waals surface area contributed by atoms with Crippen molar-refractivity contribution in [3.8, 4) is 11.5 Å². The molecule has 1 saturated heterocycles. The van der Waals surface area contributed by atoms with E-state index in [9.17, 15) is 0 Å². The van der Waals surface area contributed by atoms with Crippen LogP contribution in [0.4, 0.5) is 0 Å². The number of benzene rings is 1. The van der Waals surface area contributed by atoms with E-state index < -0.39 is 0 Å². The van der Waals surface area contributed by atoms with Crippen molar-refractivity contribution in [3.05, 3.63) is 23.8 Å². The van der Waals surface area contributed by atoms with Gasteiger partial charge in [-0.05, 0) is 77.7 Å². The third-order valence-corrected chi connectivity index (χ3v) is 4.99. The first-order valence-electron chi connectivity index (χ1n) is 10.7. The number of ether oxygens (including phenoxy) is 2. The monoisotopic (exact) mass is 390 g/mol. The lowest BCUT2D eigenvalue weighted by Crippen LogP contribution is -2.40. The van der Waals surface area contributed by atoms with E-state index in [2.05, 4.69) is 48.6 Å². The lowest BCUT2D eigenvalue weighted by Gasteiger charge is -2.29. The Balaban J connectivity index is 2.05. The molecule has 158 valence electrons. The molecule has 2 rings (SSSR count). The minimum absolute atomic E-state index is 0.113. The van der Waals surface area contributed by atoms with Gasteiger partial charge in [0.1, 0.15) is 0 Å². The molecule has 0 aliphatic carbocycles. The average Bonchev–Trinajstić information content (AvgIpc) is 2.68. The third kappa shape index (κ3) is 6.89. The van der Waals surface area contributed by atoms with Gasteiger partial charge in [0.2, 0.25) is 0 Å². The van der Waals surface area contributed by atoms with Crippen LogP contribution >= 0.6 is 0 Å². The Morgan fingerprint density at radius 3 is 2.64 bits per heavy atom. The molecule has 6 nitrogen and oxygen atoms in total. The van der Waals surface area contributed by atoms with Crippen molar-refractivity contribution in [2.45, 2.75) is 46.6 Å². The highest BCUT2D eigenvalue weighted by atomic mass is 16.5. The summed E-state index contributed by atoms with van der Waals surface area (Å²) in [6.07, 6.45) is 2.53. The number of hydrogen-bond donors (Lipinski definition) is 2. The van der Waals surface area contributed by atoms with Crippen molar-refractivity contribution < 1.29 is 9.47 Å². The van der Waals surface area contributed by atoms with Crippen LogP contribution in [0.15, 0.2) is 23.2 Å². The number of piperidine rings is 1. The Bertz CT molecular complexity index is 621. The number of nitrogens with zero attached hydrogens (tertiary/aromatic N) is 2. The molecule has 2 unspecified atom stereocenters. The molecule has 0 radical (unpaired) electrons. The van der Waals surface area contributed by atoms with Crippen LogP contribution in [0.3, 0.4) is 0 Å². The summed E-state index contributed by atoms with van der Waals surface area (Å²) >= 11 is 0. The van der Waals surface area contributed by atoms with Gasteiger partial charge in [-0.2, -0.15) is 0 Å². The Hall–Kier alpha value is -1.95. The highest BCUT2D eigenvalue weighted by Crippen LogP contribution is 2.30. The quantitative estimate of drug-likeness (QED) is 0.500. The number of likely N-dealkylation sites (tertiary alicyclic amines) is 1. The van der Waals surface area contributed by atoms with Gasteiger partial charge in [-0.1, -0.05) is 6.07 Å². The Kier molecular flexibility index (Phi) is 9.41. The Morgan fingerprint density at radius 2 is 1.96 bits per heavy atom. The second-order valence-corrected chi connectivity index (χ2v) is 7.43. The molecule has 1 aliphatic rings. The van der Waals surface area contributed by atoms with Gasteiger partial charge in [0.15, 0.2) is 17.5 Å². The lowest BCUT2D eigenvalue weighted by atomic mass is 9.99. The van der Waals surface area contributed by atoms with Crippen molar-refractivity contribution in [3.63, 3.8) is 0 Å². The van der Waals surface area contributed by atoms with Gasteiger partial charge in [-0.25, -0.2) is 0 Å². The zero-order chi connectivity index (χ0) is 20.4. The van der Waals surface area contributed by atoms with Gasteiger partial charge < -0.3 is 25.0 Å². The van der Waals surface area contributed by atoms with Crippen LogP contribution in [-0.2, 0) is 0 Å². The van der Waals surface area contributed by atoms with Crippen LogP contribution in [0.1, 0.15) is 52.1 Å². The Labute approximate surface area is 170 Å². The fraction of sp³-hybridized carbons (Fsp3) is 0.682. The van der Waals surface area contributed by atoms with Crippen molar-refractivity contribution in [1.29, 1.82) is 0 Å². The first kappa shape index (κ1) is 22.3. The zero-order valence-electron chi connectivity index (χ0n) is 18.3. The predicted octanol–water partition coefficient (Wildman–Crippen LogP) is 3.44. The molecule has 1 aromatic rings. The number of nitrogens with one attached hydrogen (secondary N) is 2. The largest absolute Gasteiger partial charge is 0.490 e. The van der Waals surface area contributed by atoms with Crippen LogP contribution in [0, 0.1) is 5.92 Å². The molecular weight excluding hydrogens is 352 g/mol. The van der Waals surface area contributed by atoms with Gasteiger partial charge in [0.05, 0.1) is 19.3 Å². The van der Waals surface area contributed by atoms with Crippen LogP contribution in [0.25, 0.3) is 0 Å². The maximum absolute atomic E-state index is 5.77. The molecule has 2 N–H and O–H groups in total. The summed E-state index contributed by atoms with van der Waals surface area (Å²) < 4.78 is 11.4. The number of guanidine groups is 1. The summed E-state index contributed by atoms with van der Waals surface area (Å²) in [6, 6.07) is 6.25. The second-order valence-electron chi connectivity index (χ2n) is 7.43. The minimum Gasteiger partial charge on any atom is -0.490 e. The molecule has 6 heteroatoms. The molecule has 1 aliphatic heterocycles. The Morgan fingerprint density at radius 1 is 1.21 bits per heavy atom. The van der Waals surface area contributed by atoms with E-state index in [0.29, 0.717) is 19.1 Å². The summed E-state index contributed by atoms with van der Waals surface area (Å²) in [5, 5.41) is 6.91. The normalized spacial score (nSPS) is 19.2. The third-order valence-electron chi connectivity index (χ3n) is 4.99. The summed E-state index contributed by atoms with van der Waals surface area (Å²) in [5.74, 6) is 3.10. The fourth-order valence-electron chi connectivity index (χ4n) is 3.59. The smallest absolute Gasteiger partial charge is 0.191 e. The van der Waals surface area contributed by atoms with Gasteiger partial charge in [0, 0.05) is 19.6 Å².